The average molecular weight is 326 g/mol. The SMILES string of the molecule is CCOC(=O)c1nc2c(C)cccn2c1N=Nc1ccccc1F. The first kappa shape index (κ1) is 15.8. The van der Waals surface area contributed by atoms with Gasteiger partial charge in [0.15, 0.2) is 17.3 Å². The monoisotopic (exact) mass is 326 g/mol. The van der Waals surface area contributed by atoms with Gasteiger partial charge in [-0.1, -0.05) is 18.2 Å². The van der Waals surface area contributed by atoms with Gasteiger partial charge >= 0.3 is 5.97 Å². The largest absolute Gasteiger partial charge is 0.461 e. The number of hydrogen-bond donors (Lipinski definition) is 0. The number of nitrogens with zero attached hydrogens (tertiary/aromatic N) is 4. The predicted octanol–water partition coefficient (Wildman–Crippen LogP) is 4.37. The summed E-state index contributed by atoms with van der Waals surface area (Å²) in [6.45, 7) is 3.80. The van der Waals surface area contributed by atoms with Crippen molar-refractivity contribution in [1.82, 2.24) is 9.38 Å². The van der Waals surface area contributed by atoms with Gasteiger partial charge in [0.1, 0.15) is 11.3 Å². The number of azo groups is 1. The Morgan fingerprint density at radius 3 is 2.79 bits per heavy atom. The molecule has 0 saturated heterocycles. The van der Waals surface area contributed by atoms with Gasteiger partial charge in [0.2, 0.25) is 0 Å². The minimum Gasteiger partial charge on any atom is -0.461 e. The molecular formula is C17H15FN4O2. The van der Waals surface area contributed by atoms with Crippen LogP contribution in [0.1, 0.15) is 23.0 Å². The molecule has 3 rings (SSSR count). The minimum absolute atomic E-state index is 0.0474. The first-order valence-electron chi connectivity index (χ1n) is 7.43. The molecule has 122 valence electrons. The lowest BCUT2D eigenvalue weighted by Crippen LogP contribution is -2.05. The number of carbonyl (C=O) groups excluding carboxylic acids is 1. The molecule has 0 amide bonds. The van der Waals surface area contributed by atoms with Gasteiger partial charge in [-0.05, 0) is 37.6 Å². The van der Waals surface area contributed by atoms with Crippen LogP contribution in [0.4, 0.5) is 15.9 Å². The molecule has 0 unspecified atom stereocenters. The summed E-state index contributed by atoms with van der Waals surface area (Å²) in [6, 6.07) is 9.69. The molecule has 0 N–H and O–H groups in total. The van der Waals surface area contributed by atoms with Crippen molar-refractivity contribution in [2.75, 3.05) is 6.61 Å². The molecule has 0 radical (unpaired) electrons. The molecule has 0 atom stereocenters. The maximum absolute atomic E-state index is 13.7. The van der Waals surface area contributed by atoms with Crippen LogP contribution in [-0.2, 0) is 4.74 Å². The number of aromatic nitrogens is 2. The number of benzene rings is 1. The number of ether oxygens (including phenoxy) is 1. The number of halogens is 1. The van der Waals surface area contributed by atoms with E-state index in [1.165, 1.54) is 12.1 Å². The molecule has 1 aromatic carbocycles. The molecule has 0 aliphatic heterocycles. The van der Waals surface area contributed by atoms with Crippen LogP contribution in [0.25, 0.3) is 5.65 Å². The lowest BCUT2D eigenvalue weighted by atomic mass is 10.3. The third-order valence-corrected chi connectivity index (χ3v) is 3.39. The van der Waals surface area contributed by atoms with Crippen LogP contribution >= 0.6 is 0 Å². The maximum Gasteiger partial charge on any atom is 0.360 e. The van der Waals surface area contributed by atoms with Gasteiger partial charge in [0, 0.05) is 6.20 Å². The van der Waals surface area contributed by atoms with Crippen LogP contribution in [0, 0.1) is 12.7 Å². The molecule has 0 fully saturated rings. The highest BCUT2D eigenvalue weighted by Gasteiger charge is 2.21. The van der Waals surface area contributed by atoms with Gasteiger partial charge < -0.3 is 4.74 Å². The van der Waals surface area contributed by atoms with Crippen molar-refractivity contribution < 1.29 is 13.9 Å². The van der Waals surface area contributed by atoms with E-state index in [9.17, 15) is 9.18 Å². The van der Waals surface area contributed by atoms with Gasteiger partial charge in [-0.3, -0.25) is 4.40 Å². The van der Waals surface area contributed by atoms with Crippen molar-refractivity contribution in [3.8, 4) is 0 Å². The van der Waals surface area contributed by atoms with E-state index in [2.05, 4.69) is 15.2 Å². The fraction of sp³-hybridized carbons (Fsp3) is 0.176. The molecule has 2 heterocycles. The van der Waals surface area contributed by atoms with Crippen LogP contribution in [0.15, 0.2) is 52.8 Å². The first-order valence-corrected chi connectivity index (χ1v) is 7.43. The smallest absolute Gasteiger partial charge is 0.360 e. The summed E-state index contributed by atoms with van der Waals surface area (Å²) in [5.74, 6) is -0.887. The highest BCUT2D eigenvalue weighted by molar-refractivity contribution is 5.93. The minimum atomic E-state index is -0.594. The lowest BCUT2D eigenvalue weighted by molar-refractivity contribution is 0.0521. The predicted molar refractivity (Wildman–Crippen MR) is 86.5 cm³/mol. The third-order valence-electron chi connectivity index (χ3n) is 3.39. The van der Waals surface area contributed by atoms with Crippen LogP contribution in [0.2, 0.25) is 0 Å². The molecule has 0 spiro atoms. The number of hydrogen-bond acceptors (Lipinski definition) is 5. The molecule has 6 nitrogen and oxygen atoms in total. The second-order valence-electron chi connectivity index (χ2n) is 5.04. The third kappa shape index (κ3) is 2.88. The molecule has 3 aromatic rings. The van der Waals surface area contributed by atoms with Crippen molar-refractivity contribution in [1.29, 1.82) is 0 Å². The molecule has 0 aliphatic carbocycles. The summed E-state index contributed by atoms with van der Waals surface area (Å²) in [7, 11) is 0. The van der Waals surface area contributed by atoms with E-state index < -0.39 is 11.8 Å². The Bertz CT molecular complexity index is 933. The van der Waals surface area contributed by atoms with Crippen molar-refractivity contribution in [2.45, 2.75) is 13.8 Å². The second-order valence-corrected chi connectivity index (χ2v) is 5.04. The topological polar surface area (TPSA) is 68.3 Å². The Labute approximate surface area is 137 Å². The van der Waals surface area contributed by atoms with Crippen LogP contribution in [-0.4, -0.2) is 22.0 Å². The Kier molecular flexibility index (Phi) is 4.33. The van der Waals surface area contributed by atoms with E-state index in [-0.39, 0.29) is 23.8 Å². The van der Waals surface area contributed by atoms with Crippen molar-refractivity contribution in [3.05, 3.63) is 59.7 Å². The molecule has 0 bridgehead atoms. The van der Waals surface area contributed by atoms with E-state index in [0.717, 1.165) is 5.56 Å². The van der Waals surface area contributed by atoms with E-state index in [1.54, 1.807) is 35.7 Å². The standard InChI is InChI=1S/C17H15FN4O2/c1-3-24-17(23)14-16(21-20-13-9-5-4-8-12(13)18)22-10-6-7-11(2)15(22)19-14/h4-10H,3H2,1-2H3. The van der Waals surface area contributed by atoms with Crippen LogP contribution < -0.4 is 0 Å². The summed E-state index contributed by atoms with van der Waals surface area (Å²) < 4.78 is 20.4. The fourth-order valence-electron chi connectivity index (χ4n) is 2.26. The highest BCUT2D eigenvalue weighted by Crippen LogP contribution is 2.27. The van der Waals surface area contributed by atoms with E-state index in [4.69, 9.17) is 4.74 Å². The Morgan fingerprint density at radius 2 is 2.04 bits per heavy atom. The zero-order valence-electron chi connectivity index (χ0n) is 13.2. The molecule has 7 heteroatoms. The zero-order valence-corrected chi connectivity index (χ0v) is 13.2. The van der Waals surface area contributed by atoms with E-state index >= 15 is 0 Å². The number of aryl methyl sites for hydroxylation is 1. The number of imidazole rings is 1. The average Bonchev–Trinajstić information content (AvgIpc) is 2.95. The first-order chi connectivity index (χ1) is 11.6. The quantitative estimate of drug-likeness (QED) is 0.528. The number of esters is 1. The Morgan fingerprint density at radius 1 is 1.25 bits per heavy atom. The number of fused-ring (bicyclic) bond motifs is 1. The van der Waals surface area contributed by atoms with E-state index in [0.29, 0.717) is 5.65 Å². The Hall–Kier alpha value is -3.09. The summed E-state index contributed by atoms with van der Waals surface area (Å²) in [5.41, 5.74) is 1.57. The van der Waals surface area contributed by atoms with Crippen LogP contribution in [0.3, 0.4) is 0 Å². The summed E-state index contributed by atoms with van der Waals surface area (Å²) >= 11 is 0. The number of pyridine rings is 1. The molecule has 24 heavy (non-hydrogen) atoms. The van der Waals surface area contributed by atoms with Gasteiger partial charge in [-0.25, -0.2) is 14.2 Å². The summed E-state index contributed by atoms with van der Waals surface area (Å²) in [4.78, 5) is 16.5. The fourth-order valence-corrected chi connectivity index (χ4v) is 2.26. The zero-order chi connectivity index (χ0) is 17.1. The molecule has 2 aromatic heterocycles. The van der Waals surface area contributed by atoms with Crippen LogP contribution in [0.5, 0.6) is 0 Å². The molecule has 0 aliphatic rings. The number of rotatable bonds is 4. The lowest BCUT2D eigenvalue weighted by Gasteiger charge is -2.00. The van der Waals surface area contributed by atoms with E-state index in [1.807, 2.05) is 13.0 Å². The maximum atomic E-state index is 13.7. The van der Waals surface area contributed by atoms with Gasteiger partial charge in [0.05, 0.1) is 6.61 Å². The van der Waals surface area contributed by atoms with Crippen molar-refractivity contribution >= 4 is 23.1 Å². The summed E-state index contributed by atoms with van der Waals surface area (Å²) in [5, 5.41) is 7.97. The normalized spacial score (nSPS) is 11.3. The van der Waals surface area contributed by atoms with Gasteiger partial charge in [-0.2, -0.15) is 0 Å². The van der Waals surface area contributed by atoms with Crippen molar-refractivity contribution in [3.63, 3.8) is 0 Å². The van der Waals surface area contributed by atoms with Gasteiger partial charge in [-0.15, -0.1) is 10.2 Å². The number of carbonyl (C=O) groups is 1. The van der Waals surface area contributed by atoms with Gasteiger partial charge in [0.25, 0.3) is 0 Å². The summed E-state index contributed by atoms with van der Waals surface area (Å²) in [6.07, 6.45) is 1.72. The molecular weight excluding hydrogens is 311 g/mol. The second kappa shape index (κ2) is 6.57. The Balaban J connectivity index is 2.14. The highest BCUT2D eigenvalue weighted by atomic mass is 19.1. The van der Waals surface area contributed by atoms with Crippen molar-refractivity contribution in [2.24, 2.45) is 10.2 Å². The molecule has 0 saturated carbocycles.